The summed E-state index contributed by atoms with van der Waals surface area (Å²) in [5.74, 6) is 0.525. The third kappa shape index (κ3) is 2.23. The minimum atomic E-state index is -0.178. The van der Waals surface area contributed by atoms with Crippen molar-refractivity contribution in [2.24, 2.45) is 5.92 Å². The molecule has 1 aliphatic heterocycles. The van der Waals surface area contributed by atoms with Crippen LogP contribution in [-0.2, 0) is 4.74 Å². The lowest BCUT2D eigenvalue weighted by atomic mass is 9.83. The highest BCUT2D eigenvalue weighted by Crippen LogP contribution is 2.31. The van der Waals surface area contributed by atoms with Crippen molar-refractivity contribution < 1.29 is 9.84 Å². The van der Waals surface area contributed by atoms with E-state index in [1.807, 2.05) is 0 Å². The Morgan fingerprint density at radius 1 is 1.00 bits per heavy atom. The van der Waals surface area contributed by atoms with E-state index in [-0.39, 0.29) is 12.2 Å². The molecule has 2 nitrogen and oxygen atoms in total. The normalized spacial score (nSPS) is 33.5. The Labute approximate surface area is 80.3 Å². The van der Waals surface area contributed by atoms with Crippen molar-refractivity contribution >= 4 is 0 Å². The van der Waals surface area contributed by atoms with Gasteiger partial charge in [-0.2, -0.15) is 0 Å². The zero-order chi connectivity index (χ0) is 9.10. The Morgan fingerprint density at radius 2 is 1.77 bits per heavy atom. The Hall–Kier alpha value is -0.0800. The van der Waals surface area contributed by atoms with Gasteiger partial charge >= 0.3 is 0 Å². The van der Waals surface area contributed by atoms with Crippen molar-refractivity contribution in [3.8, 4) is 0 Å². The Kier molecular flexibility index (Phi) is 3.23. The number of aliphatic hydroxyl groups is 1. The molecule has 0 unspecified atom stereocenters. The first-order chi connectivity index (χ1) is 6.38. The van der Waals surface area contributed by atoms with E-state index in [9.17, 15) is 5.11 Å². The standard InChI is InChI=1S/C11H20O2/c12-11(10-7-4-8-13-10)9-5-2-1-3-6-9/h9-12H,1-8H2/t10-,11-/m0/s1. The molecule has 0 radical (unpaired) electrons. The molecule has 1 aliphatic carbocycles. The highest BCUT2D eigenvalue weighted by atomic mass is 16.5. The van der Waals surface area contributed by atoms with E-state index < -0.39 is 0 Å². The molecule has 1 saturated carbocycles. The monoisotopic (exact) mass is 184 g/mol. The quantitative estimate of drug-likeness (QED) is 0.712. The zero-order valence-electron chi connectivity index (χ0n) is 8.24. The fourth-order valence-electron chi connectivity index (χ4n) is 2.65. The lowest BCUT2D eigenvalue weighted by Crippen LogP contribution is -2.34. The molecular weight excluding hydrogens is 164 g/mol. The van der Waals surface area contributed by atoms with Crippen LogP contribution >= 0.6 is 0 Å². The average molecular weight is 184 g/mol. The molecule has 2 aliphatic rings. The van der Waals surface area contributed by atoms with Crippen LogP contribution in [0.5, 0.6) is 0 Å². The molecule has 13 heavy (non-hydrogen) atoms. The molecule has 1 N–H and O–H groups in total. The molecule has 2 atom stereocenters. The first-order valence-electron chi connectivity index (χ1n) is 5.67. The van der Waals surface area contributed by atoms with Crippen LogP contribution < -0.4 is 0 Å². The van der Waals surface area contributed by atoms with E-state index in [0.717, 1.165) is 19.4 Å². The topological polar surface area (TPSA) is 29.5 Å². The summed E-state index contributed by atoms with van der Waals surface area (Å²) in [5.41, 5.74) is 0. The first-order valence-corrected chi connectivity index (χ1v) is 5.67. The molecule has 2 heteroatoms. The summed E-state index contributed by atoms with van der Waals surface area (Å²) in [6.45, 7) is 0.856. The van der Waals surface area contributed by atoms with Crippen LogP contribution in [0.15, 0.2) is 0 Å². The van der Waals surface area contributed by atoms with Gasteiger partial charge in [0.25, 0.3) is 0 Å². The molecular formula is C11H20O2. The second-order valence-corrected chi connectivity index (χ2v) is 4.44. The number of hydrogen-bond acceptors (Lipinski definition) is 2. The van der Waals surface area contributed by atoms with E-state index in [4.69, 9.17) is 4.74 Å². The van der Waals surface area contributed by atoms with Crippen molar-refractivity contribution in [3.63, 3.8) is 0 Å². The third-order valence-corrected chi connectivity index (χ3v) is 3.48. The maximum atomic E-state index is 10.0. The molecule has 0 aromatic rings. The predicted molar refractivity (Wildman–Crippen MR) is 51.6 cm³/mol. The van der Waals surface area contributed by atoms with Crippen LogP contribution in [0.1, 0.15) is 44.9 Å². The number of hydrogen-bond donors (Lipinski definition) is 1. The smallest absolute Gasteiger partial charge is 0.0837 e. The second kappa shape index (κ2) is 4.43. The average Bonchev–Trinajstić information content (AvgIpc) is 2.71. The Bertz CT molecular complexity index is 146. The van der Waals surface area contributed by atoms with E-state index in [1.165, 1.54) is 32.1 Å². The fraction of sp³-hybridized carbons (Fsp3) is 1.00. The molecule has 1 heterocycles. The van der Waals surface area contributed by atoms with Crippen molar-refractivity contribution in [2.75, 3.05) is 6.61 Å². The van der Waals surface area contributed by atoms with Crippen molar-refractivity contribution in [3.05, 3.63) is 0 Å². The van der Waals surface area contributed by atoms with Crippen molar-refractivity contribution in [2.45, 2.75) is 57.2 Å². The highest BCUT2D eigenvalue weighted by molar-refractivity contribution is 4.81. The van der Waals surface area contributed by atoms with Crippen LogP contribution in [0.3, 0.4) is 0 Å². The van der Waals surface area contributed by atoms with Crippen molar-refractivity contribution in [1.82, 2.24) is 0 Å². The zero-order valence-corrected chi connectivity index (χ0v) is 8.24. The van der Waals surface area contributed by atoms with Gasteiger partial charge in [-0.1, -0.05) is 19.3 Å². The highest BCUT2D eigenvalue weighted by Gasteiger charge is 2.31. The summed E-state index contributed by atoms with van der Waals surface area (Å²) in [7, 11) is 0. The Balaban J connectivity index is 1.83. The maximum Gasteiger partial charge on any atom is 0.0837 e. The van der Waals surface area contributed by atoms with E-state index in [1.54, 1.807) is 0 Å². The molecule has 0 aromatic heterocycles. The van der Waals surface area contributed by atoms with Gasteiger partial charge in [-0.3, -0.25) is 0 Å². The summed E-state index contributed by atoms with van der Waals surface area (Å²) in [5, 5.41) is 10.0. The lowest BCUT2D eigenvalue weighted by molar-refractivity contribution is -0.0401. The van der Waals surface area contributed by atoms with Gasteiger partial charge in [-0.15, -0.1) is 0 Å². The van der Waals surface area contributed by atoms with Crippen LogP contribution in [0, 0.1) is 5.92 Å². The number of ether oxygens (including phenoxy) is 1. The van der Waals surface area contributed by atoms with Gasteiger partial charge in [0, 0.05) is 6.61 Å². The van der Waals surface area contributed by atoms with Gasteiger partial charge in [-0.05, 0) is 31.6 Å². The van der Waals surface area contributed by atoms with E-state index >= 15 is 0 Å². The lowest BCUT2D eigenvalue weighted by Gasteiger charge is -2.29. The second-order valence-electron chi connectivity index (χ2n) is 4.44. The predicted octanol–water partition coefficient (Wildman–Crippen LogP) is 2.11. The van der Waals surface area contributed by atoms with Crippen LogP contribution in [0.2, 0.25) is 0 Å². The van der Waals surface area contributed by atoms with Gasteiger partial charge in [0.2, 0.25) is 0 Å². The van der Waals surface area contributed by atoms with E-state index in [0.29, 0.717) is 5.92 Å². The SMILES string of the molecule is O[C@@H](C1CCCCC1)[C@@H]1CCCO1. The van der Waals surface area contributed by atoms with Gasteiger partial charge in [0.15, 0.2) is 0 Å². The summed E-state index contributed by atoms with van der Waals surface area (Å²) in [4.78, 5) is 0. The number of aliphatic hydroxyl groups excluding tert-OH is 1. The summed E-state index contributed by atoms with van der Waals surface area (Å²) >= 11 is 0. The molecule has 2 rings (SSSR count). The summed E-state index contributed by atoms with van der Waals surface area (Å²) in [6, 6.07) is 0. The van der Waals surface area contributed by atoms with Gasteiger partial charge in [0.1, 0.15) is 0 Å². The first kappa shape index (κ1) is 9.47. The molecule has 0 aromatic carbocycles. The molecule has 0 bridgehead atoms. The minimum absolute atomic E-state index is 0.156. The maximum absolute atomic E-state index is 10.0. The summed E-state index contributed by atoms with van der Waals surface area (Å²) in [6.07, 6.45) is 8.55. The largest absolute Gasteiger partial charge is 0.390 e. The molecule has 2 fully saturated rings. The molecule has 1 saturated heterocycles. The molecule has 0 spiro atoms. The molecule has 76 valence electrons. The van der Waals surface area contributed by atoms with Crippen LogP contribution in [0.25, 0.3) is 0 Å². The minimum Gasteiger partial charge on any atom is -0.390 e. The fourth-order valence-corrected chi connectivity index (χ4v) is 2.65. The van der Waals surface area contributed by atoms with Crippen LogP contribution in [-0.4, -0.2) is 23.9 Å². The van der Waals surface area contributed by atoms with Crippen LogP contribution in [0.4, 0.5) is 0 Å². The van der Waals surface area contributed by atoms with E-state index in [2.05, 4.69) is 0 Å². The summed E-state index contributed by atoms with van der Waals surface area (Å²) < 4.78 is 5.52. The number of rotatable bonds is 2. The van der Waals surface area contributed by atoms with Gasteiger partial charge in [-0.25, -0.2) is 0 Å². The van der Waals surface area contributed by atoms with Gasteiger partial charge in [0.05, 0.1) is 12.2 Å². The van der Waals surface area contributed by atoms with Crippen molar-refractivity contribution in [1.29, 1.82) is 0 Å². The van der Waals surface area contributed by atoms with Gasteiger partial charge < -0.3 is 9.84 Å². The molecule has 0 amide bonds. The third-order valence-electron chi connectivity index (χ3n) is 3.48. The Morgan fingerprint density at radius 3 is 2.38 bits per heavy atom.